The standard InChI is InChI=1S/C15H17ClN2O/c1-10(2)11-4-6-12(7-5-11)14-8-13(9-16)15(19)18(3)17-14/h4-8,10H,9H2,1-3H3. The maximum atomic E-state index is 11.7. The van der Waals surface area contributed by atoms with E-state index in [2.05, 4.69) is 31.1 Å². The van der Waals surface area contributed by atoms with E-state index >= 15 is 0 Å². The smallest absolute Gasteiger partial charge is 0.267 e. The summed E-state index contributed by atoms with van der Waals surface area (Å²) in [6.07, 6.45) is 0. The van der Waals surface area contributed by atoms with Gasteiger partial charge in [-0.05, 0) is 17.5 Å². The highest BCUT2D eigenvalue weighted by molar-refractivity contribution is 6.17. The predicted octanol–water partition coefficient (Wildman–Crippen LogP) is 3.31. The summed E-state index contributed by atoms with van der Waals surface area (Å²) in [6, 6.07) is 10.0. The summed E-state index contributed by atoms with van der Waals surface area (Å²) >= 11 is 5.79. The van der Waals surface area contributed by atoms with Crippen LogP contribution in [0, 0.1) is 0 Å². The first-order valence-corrected chi connectivity index (χ1v) is 6.80. The van der Waals surface area contributed by atoms with Gasteiger partial charge in [0.2, 0.25) is 0 Å². The SMILES string of the molecule is CC(C)c1ccc(-c2cc(CCl)c(=O)n(C)n2)cc1. The molecule has 0 atom stereocenters. The van der Waals surface area contributed by atoms with Crippen molar-refractivity contribution in [2.24, 2.45) is 7.05 Å². The Morgan fingerprint density at radius 1 is 1.26 bits per heavy atom. The number of aromatic nitrogens is 2. The lowest BCUT2D eigenvalue weighted by Crippen LogP contribution is -2.23. The summed E-state index contributed by atoms with van der Waals surface area (Å²) < 4.78 is 1.34. The van der Waals surface area contributed by atoms with E-state index in [4.69, 9.17) is 11.6 Å². The summed E-state index contributed by atoms with van der Waals surface area (Å²) in [5.74, 6) is 0.701. The lowest BCUT2D eigenvalue weighted by molar-refractivity contribution is 0.703. The van der Waals surface area contributed by atoms with Crippen LogP contribution in [0.5, 0.6) is 0 Å². The van der Waals surface area contributed by atoms with E-state index in [0.29, 0.717) is 11.5 Å². The van der Waals surface area contributed by atoms with Gasteiger partial charge in [0.1, 0.15) is 0 Å². The second-order valence-corrected chi connectivity index (χ2v) is 5.16. The molecule has 0 bridgehead atoms. The van der Waals surface area contributed by atoms with Gasteiger partial charge in [0.05, 0.1) is 11.6 Å². The van der Waals surface area contributed by atoms with Crippen molar-refractivity contribution in [2.45, 2.75) is 25.6 Å². The minimum atomic E-state index is -0.141. The number of halogens is 1. The number of hydrogen-bond acceptors (Lipinski definition) is 2. The zero-order chi connectivity index (χ0) is 14.0. The number of nitrogens with zero attached hydrogens (tertiary/aromatic N) is 2. The fourth-order valence-electron chi connectivity index (χ4n) is 1.95. The lowest BCUT2D eigenvalue weighted by Gasteiger charge is -2.08. The number of rotatable bonds is 3. The molecule has 0 fully saturated rings. The largest absolute Gasteiger partial charge is 0.270 e. The first-order valence-electron chi connectivity index (χ1n) is 6.26. The number of aryl methyl sites for hydroxylation is 1. The van der Waals surface area contributed by atoms with Crippen molar-refractivity contribution in [1.29, 1.82) is 0 Å². The summed E-state index contributed by atoms with van der Waals surface area (Å²) in [7, 11) is 1.64. The second kappa shape index (κ2) is 5.57. The van der Waals surface area contributed by atoms with Crippen molar-refractivity contribution in [3.63, 3.8) is 0 Å². The molecule has 0 aliphatic heterocycles. The molecule has 19 heavy (non-hydrogen) atoms. The fraction of sp³-hybridized carbons (Fsp3) is 0.333. The Balaban J connectivity index is 2.47. The highest BCUT2D eigenvalue weighted by atomic mass is 35.5. The predicted molar refractivity (Wildman–Crippen MR) is 78.6 cm³/mol. The molecule has 0 saturated carbocycles. The second-order valence-electron chi connectivity index (χ2n) is 4.89. The van der Waals surface area contributed by atoms with Gasteiger partial charge in [-0.15, -0.1) is 11.6 Å². The van der Waals surface area contributed by atoms with Crippen molar-refractivity contribution in [2.75, 3.05) is 0 Å². The van der Waals surface area contributed by atoms with E-state index in [0.717, 1.165) is 11.3 Å². The molecule has 0 aliphatic rings. The minimum absolute atomic E-state index is 0.141. The van der Waals surface area contributed by atoms with Crippen LogP contribution in [0.3, 0.4) is 0 Å². The van der Waals surface area contributed by atoms with Crippen LogP contribution in [0.2, 0.25) is 0 Å². The first-order chi connectivity index (χ1) is 9.02. The molecule has 100 valence electrons. The van der Waals surface area contributed by atoms with Gasteiger partial charge in [0.15, 0.2) is 0 Å². The molecular weight excluding hydrogens is 260 g/mol. The molecule has 0 radical (unpaired) electrons. The van der Waals surface area contributed by atoms with Crippen LogP contribution in [0.4, 0.5) is 0 Å². The van der Waals surface area contributed by atoms with Gasteiger partial charge >= 0.3 is 0 Å². The van der Waals surface area contributed by atoms with Gasteiger partial charge in [-0.1, -0.05) is 38.1 Å². The third kappa shape index (κ3) is 2.87. The normalized spacial score (nSPS) is 11.0. The summed E-state index contributed by atoms with van der Waals surface area (Å²) in [6.45, 7) is 4.32. The van der Waals surface area contributed by atoms with Crippen molar-refractivity contribution >= 4 is 11.6 Å². The molecule has 0 aliphatic carbocycles. The maximum Gasteiger partial charge on any atom is 0.270 e. The quantitative estimate of drug-likeness (QED) is 0.806. The Morgan fingerprint density at radius 2 is 1.89 bits per heavy atom. The average molecular weight is 277 g/mol. The number of hydrogen-bond donors (Lipinski definition) is 0. The topological polar surface area (TPSA) is 34.9 Å². The first kappa shape index (κ1) is 13.8. The van der Waals surface area contributed by atoms with Crippen LogP contribution in [0.15, 0.2) is 35.1 Å². The van der Waals surface area contributed by atoms with Crippen LogP contribution in [-0.4, -0.2) is 9.78 Å². The zero-order valence-corrected chi connectivity index (χ0v) is 12.1. The van der Waals surface area contributed by atoms with Crippen LogP contribution in [0.25, 0.3) is 11.3 Å². The van der Waals surface area contributed by atoms with Crippen LogP contribution >= 0.6 is 11.6 Å². The van der Waals surface area contributed by atoms with Gasteiger partial charge in [0, 0.05) is 18.2 Å². The molecule has 0 spiro atoms. The lowest BCUT2D eigenvalue weighted by atomic mass is 10.0. The van der Waals surface area contributed by atoms with Crippen molar-refractivity contribution in [1.82, 2.24) is 9.78 Å². The molecule has 4 heteroatoms. The Labute approximate surface area is 117 Å². The van der Waals surface area contributed by atoms with Gasteiger partial charge < -0.3 is 0 Å². The highest BCUT2D eigenvalue weighted by Crippen LogP contribution is 2.21. The molecule has 0 unspecified atom stereocenters. The third-order valence-electron chi connectivity index (χ3n) is 3.15. The van der Waals surface area contributed by atoms with Gasteiger partial charge in [-0.3, -0.25) is 4.79 Å². The van der Waals surface area contributed by atoms with Crippen LogP contribution in [-0.2, 0) is 12.9 Å². The number of benzene rings is 1. The summed E-state index contributed by atoms with van der Waals surface area (Å²) in [5.41, 5.74) is 3.48. The van der Waals surface area contributed by atoms with E-state index in [1.54, 1.807) is 13.1 Å². The van der Waals surface area contributed by atoms with Crippen LogP contribution < -0.4 is 5.56 Å². The zero-order valence-electron chi connectivity index (χ0n) is 11.4. The minimum Gasteiger partial charge on any atom is -0.267 e. The monoisotopic (exact) mass is 276 g/mol. The van der Waals surface area contributed by atoms with Gasteiger partial charge in [0.25, 0.3) is 5.56 Å². The molecule has 0 amide bonds. The Kier molecular flexibility index (Phi) is 4.05. The summed E-state index contributed by atoms with van der Waals surface area (Å²) in [4.78, 5) is 11.7. The molecule has 1 heterocycles. The Hall–Kier alpha value is -1.61. The Morgan fingerprint density at radius 3 is 2.42 bits per heavy atom. The van der Waals surface area contributed by atoms with E-state index in [-0.39, 0.29) is 11.4 Å². The molecular formula is C15H17ClN2O. The maximum absolute atomic E-state index is 11.7. The highest BCUT2D eigenvalue weighted by Gasteiger charge is 2.07. The molecule has 2 rings (SSSR count). The molecule has 2 aromatic rings. The fourth-order valence-corrected chi connectivity index (χ4v) is 2.14. The average Bonchev–Trinajstić information content (AvgIpc) is 2.41. The summed E-state index contributed by atoms with van der Waals surface area (Å²) in [5, 5.41) is 4.27. The van der Waals surface area contributed by atoms with E-state index in [1.807, 2.05) is 12.1 Å². The van der Waals surface area contributed by atoms with Crippen molar-refractivity contribution < 1.29 is 0 Å². The molecule has 1 aromatic heterocycles. The Bertz CT molecular complexity index is 630. The van der Waals surface area contributed by atoms with E-state index in [1.165, 1.54) is 10.2 Å². The van der Waals surface area contributed by atoms with Gasteiger partial charge in [-0.25, -0.2) is 4.68 Å². The third-order valence-corrected chi connectivity index (χ3v) is 3.44. The van der Waals surface area contributed by atoms with Crippen molar-refractivity contribution in [3.05, 3.63) is 51.8 Å². The van der Waals surface area contributed by atoms with Gasteiger partial charge in [-0.2, -0.15) is 5.10 Å². The van der Waals surface area contributed by atoms with Crippen LogP contribution in [0.1, 0.15) is 30.9 Å². The molecule has 3 nitrogen and oxygen atoms in total. The molecule has 0 N–H and O–H groups in total. The number of alkyl halides is 1. The molecule has 1 aromatic carbocycles. The molecule has 0 saturated heterocycles. The van der Waals surface area contributed by atoms with E-state index in [9.17, 15) is 4.79 Å². The van der Waals surface area contributed by atoms with E-state index < -0.39 is 0 Å². The van der Waals surface area contributed by atoms with Crippen molar-refractivity contribution in [3.8, 4) is 11.3 Å².